The lowest BCUT2D eigenvalue weighted by atomic mass is 10.5. The molecule has 24 heavy (non-hydrogen) atoms. The van der Waals surface area contributed by atoms with Crippen LogP contribution in [-0.2, 0) is 27.2 Å². The molecule has 0 unspecified atom stereocenters. The van der Waals surface area contributed by atoms with E-state index >= 15 is 0 Å². The lowest BCUT2D eigenvalue weighted by Crippen LogP contribution is -2.27. The summed E-state index contributed by atoms with van der Waals surface area (Å²) in [4.78, 5) is 0. The van der Waals surface area contributed by atoms with Crippen molar-refractivity contribution in [2.75, 3.05) is 12.6 Å². The van der Waals surface area contributed by atoms with Crippen molar-refractivity contribution in [3.63, 3.8) is 0 Å². The van der Waals surface area contributed by atoms with Crippen molar-refractivity contribution < 1.29 is 32.4 Å². The van der Waals surface area contributed by atoms with Gasteiger partial charge < -0.3 is 23.3 Å². The lowest BCUT2D eigenvalue weighted by Gasteiger charge is -2.29. The van der Waals surface area contributed by atoms with E-state index in [1.807, 2.05) is 0 Å². The monoisotopic (exact) mass is 389 g/mol. The summed E-state index contributed by atoms with van der Waals surface area (Å²) in [6.07, 6.45) is -2.28. The average Bonchev–Trinajstić information content (AvgIpc) is 2.20. The van der Waals surface area contributed by atoms with E-state index in [0.717, 1.165) is 0 Å². The van der Waals surface area contributed by atoms with Gasteiger partial charge in [0.25, 0.3) is 0 Å². The fourth-order valence-corrected chi connectivity index (χ4v) is 6.01. The van der Waals surface area contributed by atoms with Crippen molar-refractivity contribution in [3.05, 3.63) is 0 Å². The minimum absolute atomic E-state index is 0.353. The van der Waals surface area contributed by atoms with E-state index in [4.69, 9.17) is 18.1 Å². The quantitative estimate of drug-likeness (QED) is 0.380. The minimum atomic E-state index is -3.60. The third-order valence-corrected chi connectivity index (χ3v) is 6.48. The largest absolute Gasteiger partial charge is 0.347 e. The van der Waals surface area contributed by atoms with E-state index in [-0.39, 0.29) is 24.4 Å². The molecule has 0 radical (unpaired) electrons. The first-order valence-electron chi connectivity index (χ1n) is 8.12. The van der Waals surface area contributed by atoms with Gasteiger partial charge >= 0.3 is 15.2 Å². The summed E-state index contributed by atoms with van der Waals surface area (Å²) in [6, 6.07) is 0. The van der Waals surface area contributed by atoms with Crippen LogP contribution < -0.4 is 0 Å². The maximum atomic E-state index is 12.8. The molecule has 0 aromatic rings. The van der Waals surface area contributed by atoms with Crippen LogP contribution in [0.25, 0.3) is 0 Å². The molecular formula is C14H33NO7P2. The molecule has 0 saturated heterocycles. The summed E-state index contributed by atoms with van der Waals surface area (Å²) >= 11 is 0. The molecule has 0 fully saturated rings. The number of nitrogens with zero attached hydrogens (tertiary/aromatic N) is 1. The molecule has 146 valence electrons. The lowest BCUT2D eigenvalue weighted by molar-refractivity contribution is -0.0698. The molecule has 0 heterocycles. The Kier molecular flexibility index (Phi) is 10.5. The van der Waals surface area contributed by atoms with Gasteiger partial charge in [0.1, 0.15) is 12.6 Å². The Hall–Kier alpha value is 0.220. The molecule has 10 heteroatoms. The number of hydrogen-bond donors (Lipinski definition) is 1. The van der Waals surface area contributed by atoms with E-state index < -0.39 is 27.8 Å². The number of hydroxylamine groups is 2. The van der Waals surface area contributed by atoms with Gasteiger partial charge in [-0.25, -0.2) is 0 Å². The van der Waals surface area contributed by atoms with Gasteiger partial charge in [0.05, 0.1) is 24.4 Å². The van der Waals surface area contributed by atoms with Crippen LogP contribution in [0, 0.1) is 0 Å². The molecular weight excluding hydrogens is 356 g/mol. The Balaban J connectivity index is 5.10. The van der Waals surface area contributed by atoms with Crippen LogP contribution in [0.2, 0.25) is 0 Å². The Morgan fingerprint density at radius 2 is 0.875 bits per heavy atom. The zero-order valence-corrected chi connectivity index (χ0v) is 17.8. The van der Waals surface area contributed by atoms with E-state index in [1.54, 1.807) is 55.4 Å². The van der Waals surface area contributed by atoms with Gasteiger partial charge in [0.15, 0.2) is 0 Å². The second kappa shape index (κ2) is 10.4. The third-order valence-electron chi connectivity index (χ3n) is 2.16. The second-order valence-corrected chi connectivity index (χ2v) is 10.5. The van der Waals surface area contributed by atoms with Crippen molar-refractivity contribution in [2.24, 2.45) is 0 Å². The summed E-state index contributed by atoms with van der Waals surface area (Å²) in [7, 11) is -7.20. The molecule has 0 aromatic heterocycles. The van der Waals surface area contributed by atoms with Crippen molar-refractivity contribution in [1.29, 1.82) is 0 Å². The number of rotatable bonds is 12. The molecule has 0 spiro atoms. The highest BCUT2D eigenvalue weighted by Crippen LogP contribution is 2.54. The first kappa shape index (κ1) is 24.2. The molecule has 0 atom stereocenters. The van der Waals surface area contributed by atoms with Crippen LogP contribution in [0.4, 0.5) is 0 Å². The van der Waals surface area contributed by atoms with Crippen molar-refractivity contribution >= 4 is 15.2 Å². The van der Waals surface area contributed by atoms with E-state index in [0.29, 0.717) is 5.06 Å². The number of hydrogen-bond acceptors (Lipinski definition) is 8. The second-order valence-electron chi connectivity index (χ2n) is 6.63. The van der Waals surface area contributed by atoms with Gasteiger partial charge in [-0.1, -0.05) is 0 Å². The van der Waals surface area contributed by atoms with Gasteiger partial charge in [-0.3, -0.25) is 9.13 Å². The van der Waals surface area contributed by atoms with E-state index in [2.05, 4.69) is 0 Å². The van der Waals surface area contributed by atoms with Crippen molar-refractivity contribution in [3.8, 4) is 0 Å². The van der Waals surface area contributed by atoms with Gasteiger partial charge in [-0.15, -0.1) is 0 Å². The first-order valence-corrected chi connectivity index (χ1v) is 11.6. The Morgan fingerprint density at radius 1 is 0.667 bits per heavy atom. The Bertz CT molecular complexity index is 386. The third kappa shape index (κ3) is 11.0. The van der Waals surface area contributed by atoms with Gasteiger partial charge in [-0.05, 0) is 55.4 Å². The molecule has 0 aliphatic heterocycles. The molecule has 1 N–H and O–H groups in total. The highest BCUT2D eigenvalue weighted by Gasteiger charge is 2.36. The van der Waals surface area contributed by atoms with Crippen LogP contribution in [0.5, 0.6) is 0 Å². The molecule has 8 nitrogen and oxygen atoms in total. The molecule has 0 aliphatic rings. The van der Waals surface area contributed by atoms with Crippen LogP contribution in [0.15, 0.2) is 0 Å². The Morgan fingerprint density at radius 3 is 1.04 bits per heavy atom. The smallest absolute Gasteiger partial charge is 0.313 e. The predicted octanol–water partition coefficient (Wildman–Crippen LogP) is 4.68. The van der Waals surface area contributed by atoms with Crippen LogP contribution in [0.3, 0.4) is 0 Å². The summed E-state index contributed by atoms with van der Waals surface area (Å²) in [6.45, 7) is 13.7. The standard InChI is InChI=1S/C14H33NO7P2/c1-11(2)19-23(17,20-12(3)4)9-15(16)10-24(18,21-13(5)6)22-14(7)8/h11-14,16H,9-10H2,1-8H3. The first-order chi connectivity index (χ1) is 10.8. The zero-order chi connectivity index (χ0) is 19.1. The molecule has 0 saturated carbocycles. The zero-order valence-electron chi connectivity index (χ0n) is 16.0. The molecule has 0 aromatic carbocycles. The molecule has 0 bridgehead atoms. The fraction of sp³-hybridized carbons (Fsp3) is 1.00. The average molecular weight is 389 g/mol. The van der Waals surface area contributed by atoms with E-state index in [1.165, 1.54) is 0 Å². The highest BCUT2D eigenvalue weighted by molar-refractivity contribution is 7.54. The van der Waals surface area contributed by atoms with Crippen molar-refractivity contribution in [2.45, 2.75) is 79.8 Å². The SMILES string of the molecule is CC(C)OP(=O)(CN(O)CP(=O)(OC(C)C)OC(C)C)OC(C)C. The van der Waals surface area contributed by atoms with Crippen LogP contribution >= 0.6 is 15.2 Å². The molecule has 0 aliphatic carbocycles. The van der Waals surface area contributed by atoms with Gasteiger partial charge in [0, 0.05) is 0 Å². The maximum absolute atomic E-state index is 12.8. The topological polar surface area (TPSA) is 94.5 Å². The summed E-state index contributed by atoms with van der Waals surface area (Å²) in [5, 5.41) is 10.8. The van der Waals surface area contributed by atoms with Gasteiger partial charge in [-0.2, -0.15) is 5.06 Å². The highest BCUT2D eigenvalue weighted by atomic mass is 31.2. The fourth-order valence-electron chi connectivity index (χ4n) is 1.91. The minimum Gasteiger partial charge on any atom is -0.313 e. The van der Waals surface area contributed by atoms with Crippen LogP contribution in [-0.4, -0.2) is 47.3 Å². The predicted molar refractivity (Wildman–Crippen MR) is 93.5 cm³/mol. The van der Waals surface area contributed by atoms with Crippen LogP contribution in [0.1, 0.15) is 55.4 Å². The molecule has 0 rings (SSSR count). The summed E-state index contributed by atoms with van der Waals surface area (Å²) in [5.41, 5.74) is 0. The normalized spacial score (nSPS) is 13.9. The molecule has 0 amide bonds. The Labute approximate surface area is 145 Å². The summed E-state index contributed by atoms with van der Waals surface area (Å²) < 4.78 is 46.9. The van der Waals surface area contributed by atoms with E-state index in [9.17, 15) is 14.3 Å². The maximum Gasteiger partial charge on any atom is 0.347 e. The van der Waals surface area contributed by atoms with Crippen molar-refractivity contribution in [1.82, 2.24) is 5.06 Å². The summed E-state index contributed by atoms with van der Waals surface area (Å²) in [5.74, 6) is 0. The van der Waals surface area contributed by atoms with Gasteiger partial charge in [0.2, 0.25) is 0 Å².